The second kappa shape index (κ2) is 6.99. The summed E-state index contributed by atoms with van der Waals surface area (Å²) in [5.74, 6) is 2.81. The van der Waals surface area contributed by atoms with E-state index in [0.717, 1.165) is 49.9 Å². The number of nitrogens with zero attached hydrogens (tertiary/aromatic N) is 3. The number of fused-ring (bicyclic) bond motifs is 4. The average molecular weight is 357 g/mol. The maximum Gasteiger partial charge on any atom is 0.222 e. The van der Waals surface area contributed by atoms with E-state index >= 15 is 0 Å². The maximum atomic E-state index is 12.8. The molecule has 26 heavy (non-hydrogen) atoms. The van der Waals surface area contributed by atoms with Crippen LogP contribution < -0.4 is 0 Å². The predicted octanol–water partition coefficient (Wildman–Crippen LogP) is 2.84. The number of carbonyl (C=O) groups is 1. The van der Waals surface area contributed by atoms with Gasteiger partial charge in [-0.1, -0.05) is 6.42 Å². The molecular weight excluding hydrogens is 324 g/mol. The van der Waals surface area contributed by atoms with E-state index in [1.807, 2.05) is 12.4 Å². The highest BCUT2D eigenvalue weighted by Crippen LogP contribution is 2.46. The molecule has 4 aliphatic rings. The van der Waals surface area contributed by atoms with Gasteiger partial charge in [-0.15, -0.1) is 0 Å². The van der Waals surface area contributed by atoms with E-state index in [9.17, 15) is 4.79 Å². The zero-order valence-corrected chi connectivity index (χ0v) is 15.8. The van der Waals surface area contributed by atoms with Crippen LogP contribution in [0.3, 0.4) is 0 Å². The lowest BCUT2D eigenvalue weighted by molar-refractivity contribution is -0.139. The third-order valence-electron chi connectivity index (χ3n) is 7.36. The molecule has 0 aromatic carbocycles. The molecule has 3 saturated heterocycles. The van der Waals surface area contributed by atoms with Gasteiger partial charge in [0.05, 0.1) is 6.20 Å². The Balaban J connectivity index is 1.18. The molecule has 1 saturated carbocycles. The third kappa shape index (κ3) is 3.30. The van der Waals surface area contributed by atoms with Crippen molar-refractivity contribution in [1.82, 2.24) is 20.0 Å². The summed E-state index contributed by atoms with van der Waals surface area (Å²) in [6, 6.07) is 1.63. The number of piperidine rings is 3. The first-order valence-corrected chi connectivity index (χ1v) is 10.8. The molecule has 2 bridgehead atoms. The summed E-state index contributed by atoms with van der Waals surface area (Å²) in [5, 5.41) is 6.83. The highest BCUT2D eigenvalue weighted by Gasteiger charge is 2.48. The molecule has 1 aromatic heterocycles. The Morgan fingerprint density at radius 2 is 1.96 bits per heavy atom. The SMILES string of the molecule is O=C(CCCc1cn[nH]c1)N1C[C@@H]2C[C@H](C1)[C@@H]1CCC[C@H](C3CC3)N1C2. The topological polar surface area (TPSA) is 52.2 Å². The summed E-state index contributed by atoms with van der Waals surface area (Å²) in [4.78, 5) is 17.9. The summed E-state index contributed by atoms with van der Waals surface area (Å²) < 4.78 is 0. The van der Waals surface area contributed by atoms with Crippen molar-refractivity contribution in [2.45, 2.75) is 69.9 Å². The van der Waals surface area contributed by atoms with Gasteiger partial charge < -0.3 is 4.90 Å². The number of aryl methyl sites for hydroxylation is 1. The monoisotopic (exact) mass is 356 g/mol. The molecule has 4 fully saturated rings. The van der Waals surface area contributed by atoms with Crippen molar-refractivity contribution < 1.29 is 4.79 Å². The van der Waals surface area contributed by atoms with Crippen LogP contribution in [0.2, 0.25) is 0 Å². The number of hydrogen-bond donors (Lipinski definition) is 1. The molecule has 1 amide bonds. The van der Waals surface area contributed by atoms with Gasteiger partial charge >= 0.3 is 0 Å². The van der Waals surface area contributed by atoms with Crippen molar-refractivity contribution in [1.29, 1.82) is 0 Å². The average Bonchev–Trinajstić information content (AvgIpc) is 3.37. The van der Waals surface area contributed by atoms with E-state index in [1.54, 1.807) is 0 Å². The minimum absolute atomic E-state index is 0.381. The van der Waals surface area contributed by atoms with Crippen molar-refractivity contribution in [3.63, 3.8) is 0 Å². The van der Waals surface area contributed by atoms with Gasteiger partial charge in [-0.25, -0.2) is 0 Å². The van der Waals surface area contributed by atoms with Gasteiger partial charge in [0, 0.05) is 44.3 Å². The molecule has 142 valence electrons. The molecule has 4 heterocycles. The number of aromatic amines is 1. The van der Waals surface area contributed by atoms with Crippen molar-refractivity contribution in [2.75, 3.05) is 19.6 Å². The number of likely N-dealkylation sites (tertiary alicyclic amines) is 1. The first kappa shape index (κ1) is 16.8. The van der Waals surface area contributed by atoms with E-state index in [-0.39, 0.29) is 0 Å². The van der Waals surface area contributed by atoms with Gasteiger partial charge in [0.2, 0.25) is 5.91 Å². The summed E-state index contributed by atoms with van der Waals surface area (Å²) in [6.07, 6.45) is 14.8. The minimum Gasteiger partial charge on any atom is -0.342 e. The largest absolute Gasteiger partial charge is 0.342 e. The highest BCUT2D eigenvalue weighted by atomic mass is 16.2. The lowest BCUT2D eigenvalue weighted by Gasteiger charge is -2.55. The van der Waals surface area contributed by atoms with Crippen LogP contribution in [0.25, 0.3) is 0 Å². The number of rotatable bonds is 5. The van der Waals surface area contributed by atoms with E-state index in [0.29, 0.717) is 18.2 Å². The highest BCUT2D eigenvalue weighted by molar-refractivity contribution is 5.76. The predicted molar refractivity (Wildman–Crippen MR) is 101 cm³/mol. The van der Waals surface area contributed by atoms with Crippen molar-refractivity contribution in [3.8, 4) is 0 Å². The van der Waals surface area contributed by atoms with Crippen LogP contribution in [-0.4, -0.2) is 57.6 Å². The molecule has 0 radical (unpaired) electrons. The smallest absolute Gasteiger partial charge is 0.222 e. The third-order valence-corrected chi connectivity index (χ3v) is 7.36. The van der Waals surface area contributed by atoms with E-state index < -0.39 is 0 Å². The van der Waals surface area contributed by atoms with Gasteiger partial charge in [-0.3, -0.25) is 14.8 Å². The molecule has 1 aromatic rings. The molecule has 5 heteroatoms. The van der Waals surface area contributed by atoms with Crippen LogP contribution in [0.1, 0.15) is 56.9 Å². The van der Waals surface area contributed by atoms with E-state index in [1.165, 1.54) is 50.6 Å². The van der Waals surface area contributed by atoms with Crippen molar-refractivity contribution >= 4 is 5.91 Å². The van der Waals surface area contributed by atoms with Crippen molar-refractivity contribution in [2.24, 2.45) is 17.8 Å². The van der Waals surface area contributed by atoms with Crippen LogP contribution in [-0.2, 0) is 11.2 Å². The van der Waals surface area contributed by atoms with Gasteiger partial charge in [0.15, 0.2) is 0 Å². The van der Waals surface area contributed by atoms with Crippen LogP contribution in [0, 0.1) is 17.8 Å². The molecule has 5 nitrogen and oxygen atoms in total. The number of carbonyl (C=O) groups excluding carboxylic acids is 1. The number of amides is 1. The second-order valence-corrected chi connectivity index (χ2v) is 9.22. The molecular formula is C21H32N4O. The molecule has 1 N–H and O–H groups in total. The first-order chi connectivity index (χ1) is 12.8. The number of hydrogen-bond acceptors (Lipinski definition) is 3. The second-order valence-electron chi connectivity index (χ2n) is 9.22. The fourth-order valence-electron chi connectivity index (χ4n) is 6.05. The summed E-state index contributed by atoms with van der Waals surface area (Å²) in [5.41, 5.74) is 1.21. The van der Waals surface area contributed by atoms with E-state index in [2.05, 4.69) is 20.0 Å². The number of H-pyrrole nitrogens is 1. The number of nitrogens with one attached hydrogen (secondary N) is 1. The lowest BCUT2D eigenvalue weighted by Crippen LogP contribution is -2.62. The molecule has 4 atom stereocenters. The molecule has 5 rings (SSSR count). The molecule has 0 spiro atoms. The maximum absolute atomic E-state index is 12.8. The lowest BCUT2D eigenvalue weighted by atomic mass is 9.74. The summed E-state index contributed by atoms with van der Waals surface area (Å²) in [7, 11) is 0. The fourth-order valence-corrected chi connectivity index (χ4v) is 6.05. The number of aromatic nitrogens is 2. The quantitative estimate of drug-likeness (QED) is 0.883. The minimum atomic E-state index is 0.381. The Kier molecular flexibility index (Phi) is 4.51. The van der Waals surface area contributed by atoms with Crippen LogP contribution >= 0.6 is 0 Å². The zero-order valence-electron chi connectivity index (χ0n) is 15.8. The van der Waals surface area contributed by atoms with Gasteiger partial charge in [0.1, 0.15) is 0 Å². The van der Waals surface area contributed by atoms with Gasteiger partial charge in [0.25, 0.3) is 0 Å². The van der Waals surface area contributed by atoms with Crippen molar-refractivity contribution in [3.05, 3.63) is 18.0 Å². The Labute approximate surface area is 156 Å². The first-order valence-electron chi connectivity index (χ1n) is 10.8. The van der Waals surface area contributed by atoms with Crippen LogP contribution in [0.4, 0.5) is 0 Å². The van der Waals surface area contributed by atoms with E-state index in [4.69, 9.17) is 0 Å². The van der Waals surface area contributed by atoms with Gasteiger partial charge in [-0.2, -0.15) is 5.10 Å². The van der Waals surface area contributed by atoms with Gasteiger partial charge in [-0.05, 0) is 68.3 Å². The fraction of sp³-hybridized carbons (Fsp3) is 0.810. The molecule has 0 unspecified atom stereocenters. The Morgan fingerprint density at radius 3 is 2.73 bits per heavy atom. The molecule has 1 aliphatic carbocycles. The molecule has 3 aliphatic heterocycles. The normalized spacial score (nSPS) is 34.5. The van der Waals surface area contributed by atoms with Crippen LogP contribution in [0.5, 0.6) is 0 Å². The van der Waals surface area contributed by atoms with Crippen LogP contribution in [0.15, 0.2) is 12.4 Å². The Morgan fingerprint density at radius 1 is 1.12 bits per heavy atom. The standard InChI is InChI=1S/C21H32N4O/c26-21(6-1-3-15-10-22-23-11-15)24-12-16-9-18(14-24)20-5-2-4-19(17-7-8-17)25(20)13-16/h10-11,16-20H,1-9,12-14H2,(H,22,23)/t16-,18+,19+,20-/m0/s1. The summed E-state index contributed by atoms with van der Waals surface area (Å²) in [6.45, 7) is 3.27. The zero-order chi connectivity index (χ0) is 17.5. The Hall–Kier alpha value is -1.36. The summed E-state index contributed by atoms with van der Waals surface area (Å²) >= 11 is 0. The Bertz CT molecular complexity index is 626.